The van der Waals surface area contributed by atoms with Gasteiger partial charge in [0.15, 0.2) is 17.5 Å². The van der Waals surface area contributed by atoms with E-state index in [4.69, 9.17) is 9.47 Å². The number of benzene rings is 1. The average molecular weight is 524 g/mol. The van der Waals surface area contributed by atoms with Gasteiger partial charge in [-0.25, -0.2) is 4.98 Å². The first-order valence-corrected chi connectivity index (χ1v) is 9.98. The van der Waals surface area contributed by atoms with Gasteiger partial charge >= 0.3 is 0 Å². The Morgan fingerprint density at radius 1 is 1.03 bits per heavy atom. The molecule has 3 rings (SSSR count). The molecule has 0 fully saturated rings. The molecule has 0 saturated heterocycles. The summed E-state index contributed by atoms with van der Waals surface area (Å²) in [4.78, 5) is 9.89. The van der Waals surface area contributed by atoms with Gasteiger partial charge in [0.1, 0.15) is 0 Å². The molecule has 6 nitrogen and oxygen atoms in total. The van der Waals surface area contributed by atoms with Crippen LogP contribution in [-0.2, 0) is 13.1 Å². The molecule has 29 heavy (non-hydrogen) atoms. The molecular formula is C21H25IN4O2S. The minimum Gasteiger partial charge on any atom is -0.490 e. The van der Waals surface area contributed by atoms with E-state index >= 15 is 0 Å². The quantitative estimate of drug-likeness (QED) is 0.251. The molecule has 2 aromatic heterocycles. The van der Waals surface area contributed by atoms with Crippen LogP contribution in [0.2, 0.25) is 0 Å². The Balaban J connectivity index is 0.00000300. The topological polar surface area (TPSA) is 67.8 Å². The molecule has 0 atom stereocenters. The number of nitrogens with zero attached hydrogens (tertiary/aromatic N) is 2. The lowest BCUT2D eigenvalue weighted by Gasteiger charge is -2.12. The van der Waals surface area contributed by atoms with E-state index in [-0.39, 0.29) is 24.0 Å². The SMILES string of the molecule is CCOc1ccccc1Oc1ccc(CNC(=NC)NCc2cccs2)cn1.I. The number of halogens is 1. The largest absolute Gasteiger partial charge is 0.490 e. The maximum absolute atomic E-state index is 5.85. The third-order valence-corrected chi connectivity index (χ3v) is 4.73. The number of thiophene rings is 1. The van der Waals surface area contributed by atoms with Crippen molar-refractivity contribution in [2.75, 3.05) is 13.7 Å². The van der Waals surface area contributed by atoms with E-state index in [0.29, 0.717) is 30.5 Å². The highest BCUT2D eigenvalue weighted by Crippen LogP contribution is 2.30. The zero-order valence-corrected chi connectivity index (χ0v) is 19.6. The normalized spacial score (nSPS) is 10.8. The fraction of sp³-hybridized carbons (Fsp3) is 0.238. The molecule has 0 amide bonds. The number of rotatable bonds is 8. The van der Waals surface area contributed by atoms with Gasteiger partial charge in [0.2, 0.25) is 5.88 Å². The fourth-order valence-corrected chi connectivity index (χ4v) is 3.13. The molecule has 0 spiro atoms. The average Bonchev–Trinajstić information content (AvgIpc) is 3.25. The number of pyridine rings is 1. The Morgan fingerprint density at radius 3 is 2.48 bits per heavy atom. The summed E-state index contributed by atoms with van der Waals surface area (Å²) in [5.74, 6) is 2.63. The van der Waals surface area contributed by atoms with Gasteiger partial charge in [-0.2, -0.15) is 0 Å². The van der Waals surface area contributed by atoms with E-state index in [2.05, 4.69) is 32.1 Å². The van der Waals surface area contributed by atoms with Crippen LogP contribution in [0.25, 0.3) is 0 Å². The van der Waals surface area contributed by atoms with Crippen molar-refractivity contribution in [3.05, 3.63) is 70.5 Å². The number of para-hydroxylation sites is 2. The lowest BCUT2D eigenvalue weighted by Crippen LogP contribution is -2.36. The predicted molar refractivity (Wildman–Crippen MR) is 129 cm³/mol. The molecule has 0 unspecified atom stereocenters. The number of nitrogens with one attached hydrogen (secondary N) is 2. The predicted octanol–water partition coefficient (Wildman–Crippen LogP) is 4.82. The maximum atomic E-state index is 5.85. The molecule has 8 heteroatoms. The molecule has 2 heterocycles. The number of hydrogen-bond donors (Lipinski definition) is 2. The van der Waals surface area contributed by atoms with Crippen molar-refractivity contribution in [2.24, 2.45) is 4.99 Å². The van der Waals surface area contributed by atoms with Crippen LogP contribution in [-0.4, -0.2) is 24.6 Å². The van der Waals surface area contributed by atoms with Crippen molar-refractivity contribution in [1.82, 2.24) is 15.6 Å². The van der Waals surface area contributed by atoms with Crippen LogP contribution in [0, 0.1) is 0 Å². The Hall–Kier alpha value is -2.33. The summed E-state index contributed by atoms with van der Waals surface area (Å²) in [5.41, 5.74) is 1.03. The van der Waals surface area contributed by atoms with Crippen LogP contribution < -0.4 is 20.1 Å². The van der Waals surface area contributed by atoms with E-state index < -0.39 is 0 Å². The zero-order valence-electron chi connectivity index (χ0n) is 16.4. The third-order valence-electron chi connectivity index (χ3n) is 3.85. The van der Waals surface area contributed by atoms with Crippen LogP contribution in [0.3, 0.4) is 0 Å². The maximum Gasteiger partial charge on any atom is 0.219 e. The van der Waals surface area contributed by atoms with E-state index in [9.17, 15) is 0 Å². The van der Waals surface area contributed by atoms with Crippen LogP contribution >= 0.6 is 35.3 Å². The van der Waals surface area contributed by atoms with Crippen molar-refractivity contribution in [1.29, 1.82) is 0 Å². The van der Waals surface area contributed by atoms with Gasteiger partial charge in [0.25, 0.3) is 0 Å². The van der Waals surface area contributed by atoms with Gasteiger partial charge in [-0.3, -0.25) is 4.99 Å². The summed E-state index contributed by atoms with van der Waals surface area (Å²) in [6.45, 7) is 3.90. The standard InChI is InChI=1S/C21H24N4O2S.HI/c1-3-26-18-8-4-5-9-19(18)27-20-11-10-16(13-23-20)14-24-21(22-2)25-15-17-7-6-12-28-17;/h4-13H,3,14-15H2,1-2H3,(H2,22,24,25);1H. The first-order chi connectivity index (χ1) is 13.8. The molecule has 0 aliphatic heterocycles. The van der Waals surface area contributed by atoms with Crippen molar-refractivity contribution >= 4 is 41.3 Å². The molecule has 1 aromatic carbocycles. The summed E-state index contributed by atoms with van der Waals surface area (Å²) < 4.78 is 11.4. The summed E-state index contributed by atoms with van der Waals surface area (Å²) >= 11 is 1.72. The molecule has 0 radical (unpaired) electrons. The summed E-state index contributed by atoms with van der Waals surface area (Å²) in [5, 5.41) is 8.65. The van der Waals surface area contributed by atoms with E-state index in [1.807, 2.05) is 49.4 Å². The van der Waals surface area contributed by atoms with Crippen LogP contribution in [0.15, 0.2) is 65.1 Å². The minimum atomic E-state index is 0. The van der Waals surface area contributed by atoms with Gasteiger partial charge in [-0.05, 0) is 36.1 Å². The van der Waals surface area contributed by atoms with Crippen molar-refractivity contribution in [3.63, 3.8) is 0 Å². The van der Waals surface area contributed by atoms with Gasteiger partial charge in [0, 0.05) is 30.7 Å². The number of guanidine groups is 1. The van der Waals surface area contributed by atoms with Crippen molar-refractivity contribution in [2.45, 2.75) is 20.0 Å². The second-order valence-electron chi connectivity index (χ2n) is 5.85. The lowest BCUT2D eigenvalue weighted by atomic mass is 10.3. The molecule has 3 aromatic rings. The molecule has 0 bridgehead atoms. The first-order valence-electron chi connectivity index (χ1n) is 9.10. The zero-order chi connectivity index (χ0) is 19.6. The van der Waals surface area contributed by atoms with E-state index in [1.165, 1.54) is 4.88 Å². The lowest BCUT2D eigenvalue weighted by molar-refractivity contribution is 0.319. The van der Waals surface area contributed by atoms with Crippen molar-refractivity contribution in [3.8, 4) is 17.4 Å². The Bertz CT molecular complexity index is 886. The second kappa shape index (κ2) is 12.3. The molecule has 0 saturated carbocycles. The number of hydrogen-bond acceptors (Lipinski definition) is 5. The summed E-state index contributed by atoms with van der Waals surface area (Å²) in [6.07, 6.45) is 1.79. The van der Waals surface area contributed by atoms with Crippen LogP contribution in [0.4, 0.5) is 0 Å². The molecular weight excluding hydrogens is 499 g/mol. The highest BCUT2D eigenvalue weighted by molar-refractivity contribution is 14.0. The summed E-state index contributed by atoms with van der Waals surface area (Å²) in [6, 6.07) is 15.5. The Morgan fingerprint density at radius 2 is 1.83 bits per heavy atom. The monoisotopic (exact) mass is 524 g/mol. The highest BCUT2D eigenvalue weighted by atomic mass is 127. The Kier molecular flexibility index (Phi) is 9.72. The van der Waals surface area contributed by atoms with E-state index in [0.717, 1.165) is 18.1 Å². The molecule has 0 aliphatic rings. The van der Waals surface area contributed by atoms with Crippen molar-refractivity contribution < 1.29 is 9.47 Å². The van der Waals surface area contributed by atoms with Crippen LogP contribution in [0.1, 0.15) is 17.4 Å². The number of ether oxygens (including phenoxy) is 2. The third kappa shape index (κ3) is 7.21. The molecule has 154 valence electrons. The van der Waals surface area contributed by atoms with Gasteiger partial charge < -0.3 is 20.1 Å². The number of aromatic nitrogens is 1. The molecule has 2 N–H and O–H groups in total. The summed E-state index contributed by atoms with van der Waals surface area (Å²) in [7, 11) is 1.76. The van der Waals surface area contributed by atoms with Crippen LogP contribution in [0.5, 0.6) is 17.4 Å². The van der Waals surface area contributed by atoms with E-state index in [1.54, 1.807) is 24.6 Å². The minimum absolute atomic E-state index is 0. The fourth-order valence-electron chi connectivity index (χ4n) is 2.49. The second-order valence-corrected chi connectivity index (χ2v) is 6.88. The number of aliphatic imine (C=N–C) groups is 1. The van der Waals surface area contributed by atoms with Gasteiger partial charge in [-0.1, -0.05) is 24.3 Å². The first kappa shape index (κ1) is 23.0. The molecule has 0 aliphatic carbocycles. The van der Waals surface area contributed by atoms with Gasteiger partial charge in [0.05, 0.1) is 13.2 Å². The smallest absolute Gasteiger partial charge is 0.219 e. The Labute approximate surface area is 192 Å². The van der Waals surface area contributed by atoms with Gasteiger partial charge in [-0.15, -0.1) is 35.3 Å². The highest BCUT2D eigenvalue weighted by Gasteiger charge is 2.06.